The second-order valence-corrected chi connectivity index (χ2v) is 7.75. The molecule has 0 unspecified atom stereocenters. The van der Waals surface area contributed by atoms with E-state index in [1.165, 1.54) is 18.4 Å². The third kappa shape index (κ3) is 3.92. The average Bonchev–Trinajstić information content (AvgIpc) is 2.74. The largest absolute Gasteiger partial charge is 0.493 e. The summed E-state index contributed by atoms with van der Waals surface area (Å²) in [6, 6.07) is 6.17. The number of ether oxygens (including phenoxy) is 2. The molecule has 4 rings (SSSR count). The molecule has 1 heterocycles. The Labute approximate surface area is 166 Å². The molecule has 0 atom stereocenters. The number of anilines is 1. The lowest BCUT2D eigenvalue weighted by Gasteiger charge is -2.28. The highest BCUT2D eigenvalue weighted by Crippen LogP contribution is 2.34. The lowest BCUT2D eigenvalue weighted by molar-refractivity contribution is 0.126. The van der Waals surface area contributed by atoms with Crippen LogP contribution in [-0.2, 0) is 12.8 Å². The zero-order valence-corrected chi connectivity index (χ0v) is 16.7. The first-order chi connectivity index (χ1) is 13.7. The van der Waals surface area contributed by atoms with E-state index in [2.05, 4.69) is 5.32 Å². The molecule has 0 amide bonds. The van der Waals surface area contributed by atoms with Crippen LogP contribution in [0.15, 0.2) is 18.2 Å². The van der Waals surface area contributed by atoms with Crippen LogP contribution < -0.4 is 14.8 Å². The summed E-state index contributed by atoms with van der Waals surface area (Å²) < 4.78 is 10.8. The Balaban J connectivity index is 1.68. The number of benzene rings is 1. The predicted octanol–water partition coefficient (Wildman–Crippen LogP) is 3.76. The second-order valence-electron chi connectivity index (χ2n) is 7.75. The van der Waals surface area contributed by atoms with Crippen molar-refractivity contribution >= 4 is 5.82 Å². The summed E-state index contributed by atoms with van der Waals surface area (Å²) in [6.45, 7) is 0. The van der Waals surface area contributed by atoms with Crippen molar-refractivity contribution in [2.75, 3.05) is 19.5 Å². The van der Waals surface area contributed by atoms with Gasteiger partial charge in [-0.15, -0.1) is 0 Å². The number of aliphatic hydroxyl groups excluding tert-OH is 1. The topological polar surface area (TPSA) is 76.5 Å². The molecule has 28 heavy (non-hydrogen) atoms. The molecule has 0 bridgehead atoms. The molecule has 2 N–H and O–H groups in total. The maximum atomic E-state index is 9.79. The van der Waals surface area contributed by atoms with E-state index in [0.29, 0.717) is 17.5 Å². The number of fused-ring (bicyclic) bond motifs is 1. The number of hydrogen-bond donors (Lipinski definition) is 2. The summed E-state index contributed by atoms with van der Waals surface area (Å²) >= 11 is 0. The standard InChI is InChI=1S/C22H29N3O3/c1-27-19-12-7-14(13-20(19)28-2)21-24-18-6-4-3-5-17(18)22(25-21)23-15-8-10-16(26)11-9-15/h7,12-13,15-16,26H,3-6,8-11H2,1-2H3,(H,23,24,25)/t15-,16-. The quantitative estimate of drug-likeness (QED) is 0.819. The third-order valence-electron chi connectivity index (χ3n) is 5.86. The van der Waals surface area contributed by atoms with Crippen molar-refractivity contribution in [3.8, 4) is 22.9 Å². The van der Waals surface area contributed by atoms with Crippen molar-refractivity contribution in [3.05, 3.63) is 29.5 Å². The Morgan fingerprint density at radius 3 is 2.46 bits per heavy atom. The first-order valence-corrected chi connectivity index (χ1v) is 10.2. The molecule has 1 aromatic heterocycles. The van der Waals surface area contributed by atoms with E-state index in [0.717, 1.165) is 61.4 Å². The highest BCUT2D eigenvalue weighted by Gasteiger charge is 2.24. The monoisotopic (exact) mass is 383 g/mol. The van der Waals surface area contributed by atoms with Gasteiger partial charge in [-0.1, -0.05) is 0 Å². The van der Waals surface area contributed by atoms with E-state index in [1.54, 1.807) is 14.2 Å². The summed E-state index contributed by atoms with van der Waals surface area (Å²) in [7, 11) is 3.27. The summed E-state index contributed by atoms with van der Waals surface area (Å²) in [5.41, 5.74) is 3.35. The van der Waals surface area contributed by atoms with Crippen LogP contribution in [0.3, 0.4) is 0 Å². The Morgan fingerprint density at radius 1 is 0.964 bits per heavy atom. The number of rotatable bonds is 5. The van der Waals surface area contributed by atoms with Gasteiger partial charge in [0.2, 0.25) is 0 Å². The van der Waals surface area contributed by atoms with Gasteiger partial charge >= 0.3 is 0 Å². The van der Waals surface area contributed by atoms with Crippen molar-refractivity contribution in [3.63, 3.8) is 0 Å². The van der Waals surface area contributed by atoms with E-state index >= 15 is 0 Å². The van der Waals surface area contributed by atoms with Crippen LogP contribution in [0.4, 0.5) is 5.82 Å². The maximum Gasteiger partial charge on any atom is 0.161 e. The van der Waals surface area contributed by atoms with Gasteiger partial charge in [-0.2, -0.15) is 0 Å². The molecule has 6 heteroatoms. The number of aromatic nitrogens is 2. The fourth-order valence-corrected chi connectivity index (χ4v) is 4.23. The van der Waals surface area contributed by atoms with Gasteiger partial charge in [0.1, 0.15) is 5.82 Å². The van der Waals surface area contributed by atoms with Crippen molar-refractivity contribution in [1.29, 1.82) is 0 Å². The highest BCUT2D eigenvalue weighted by atomic mass is 16.5. The molecule has 1 fully saturated rings. The van der Waals surface area contributed by atoms with E-state index in [-0.39, 0.29) is 6.10 Å². The van der Waals surface area contributed by atoms with Crippen LogP contribution in [0, 0.1) is 0 Å². The maximum absolute atomic E-state index is 9.79. The lowest BCUT2D eigenvalue weighted by atomic mass is 9.92. The van der Waals surface area contributed by atoms with Crippen molar-refractivity contribution in [2.24, 2.45) is 0 Å². The molecule has 150 valence electrons. The van der Waals surface area contributed by atoms with Crippen LogP contribution in [0.1, 0.15) is 49.8 Å². The summed E-state index contributed by atoms with van der Waals surface area (Å²) in [6.07, 6.45) is 7.89. The minimum atomic E-state index is -0.153. The highest BCUT2D eigenvalue weighted by molar-refractivity contribution is 5.64. The molecule has 6 nitrogen and oxygen atoms in total. The fraction of sp³-hybridized carbons (Fsp3) is 0.545. The average molecular weight is 383 g/mol. The molecule has 1 saturated carbocycles. The predicted molar refractivity (Wildman–Crippen MR) is 109 cm³/mol. The molecule has 0 saturated heterocycles. The van der Waals surface area contributed by atoms with Crippen LogP contribution in [0.2, 0.25) is 0 Å². The molecule has 0 spiro atoms. The van der Waals surface area contributed by atoms with Gasteiger partial charge in [0, 0.05) is 22.9 Å². The Kier molecular flexibility index (Phi) is 5.67. The van der Waals surface area contributed by atoms with Crippen LogP contribution in [-0.4, -0.2) is 41.4 Å². The summed E-state index contributed by atoms with van der Waals surface area (Å²) in [5.74, 6) is 3.07. The van der Waals surface area contributed by atoms with Gasteiger partial charge in [-0.25, -0.2) is 9.97 Å². The van der Waals surface area contributed by atoms with Gasteiger partial charge in [0.25, 0.3) is 0 Å². The van der Waals surface area contributed by atoms with Crippen molar-refractivity contribution in [1.82, 2.24) is 9.97 Å². The first-order valence-electron chi connectivity index (χ1n) is 10.2. The van der Waals surface area contributed by atoms with E-state index in [4.69, 9.17) is 19.4 Å². The Bertz CT molecular complexity index is 832. The molecule has 1 aromatic carbocycles. The van der Waals surface area contributed by atoms with Crippen LogP contribution in [0.25, 0.3) is 11.4 Å². The second kappa shape index (κ2) is 8.35. The SMILES string of the molecule is COc1ccc(-c2nc3c(c(N[C@H]4CC[C@H](O)CC4)n2)CCCC3)cc1OC. The number of nitrogens with one attached hydrogen (secondary N) is 1. The lowest BCUT2D eigenvalue weighted by Crippen LogP contribution is -2.29. The minimum Gasteiger partial charge on any atom is -0.493 e. The van der Waals surface area contributed by atoms with Gasteiger partial charge in [0.15, 0.2) is 17.3 Å². The van der Waals surface area contributed by atoms with Gasteiger partial charge in [0.05, 0.1) is 20.3 Å². The van der Waals surface area contributed by atoms with Crippen LogP contribution in [0.5, 0.6) is 11.5 Å². The normalized spacial score (nSPS) is 21.7. The molecule has 2 aliphatic carbocycles. The molecular formula is C22H29N3O3. The van der Waals surface area contributed by atoms with E-state index < -0.39 is 0 Å². The number of nitrogens with zero attached hydrogens (tertiary/aromatic N) is 2. The smallest absolute Gasteiger partial charge is 0.161 e. The van der Waals surface area contributed by atoms with E-state index in [9.17, 15) is 5.11 Å². The number of hydrogen-bond acceptors (Lipinski definition) is 6. The Hall–Kier alpha value is -2.34. The third-order valence-corrected chi connectivity index (χ3v) is 5.86. The Morgan fingerprint density at radius 2 is 1.71 bits per heavy atom. The van der Waals surface area contributed by atoms with Crippen molar-refractivity contribution < 1.29 is 14.6 Å². The molecule has 2 aromatic rings. The fourth-order valence-electron chi connectivity index (χ4n) is 4.23. The van der Waals surface area contributed by atoms with Gasteiger partial charge < -0.3 is 19.9 Å². The molecule has 2 aliphatic rings. The minimum absolute atomic E-state index is 0.153. The molecule has 0 radical (unpaired) electrons. The molecular weight excluding hydrogens is 354 g/mol. The molecule has 0 aliphatic heterocycles. The summed E-state index contributed by atoms with van der Waals surface area (Å²) in [5, 5.41) is 13.5. The zero-order chi connectivity index (χ0) is 19.5. The number of methoxy groups -OCH3 is 2. The zero-order valence-electron chi connectivity index (χ0n) is 16.7. The summed E-state index contributed by atoms with van der Waals surface area (Å²) in [4.78, 5) is 9.81. The van der Waals surface area contributed by atoms with Gasteiger partial charge in [-0.3, -0.25) is 0 Å². The first kappa shape index (κ1) is 19.0. The van der Waals surface area contributed by atoms with Crippen LogP contribution >= 0.6 is 0 Å². The number of aliphatic hydroxyl groups is 1. The number of aryl methyl sites for hydroxylation is 1. The van der Waals surface area contributed by atoms with E-state index in [1.807, 2.05) is 18.2 Å². The van der Waals surface area contributed by atoms with Gasteiger partial charge in [-0.05, 0) is 69.6 Å². The van der Waals surface area contributed by atoms with Crippen molar-refractivity contribution in [2.45, 2.75) is 63.5 Å².